The van der Waals surface area contributed by atoms with Crippen molar-refractivity contribution in [3.05, 3.63) is 65.5 Å². The van der Waals surface area contributed by atoms with Crippen LogP contribution >= 0.6 is 0 Å². The first kappa shape index (κ1) is 20.3. The van der Waals surface area contributed by atoms with Gasteiger partial charge in [-0.3, -0.25) is 0 Å². The Bertz CT molecular complexity index is 941. The van der Waals surface area contributed by atoms with E-state index in [-0.39, 0.29) is 37.1 Å². The highest BCUT2D eigenvalue weighted by atomic mass is 32.2. The standard InChI is InChI=1S/C20H24FN3O3S/c1-16-5-4-6-17(15-16)9-10-22-20(25)23-11-13-24(14-12-23)28(26,27)19-8-3-2-7-18(19)21/h2-8,15H,9-14H2,1H3,(H,22,25). The van der Waals surface area contributed by atoms with E-state index in [1.165, 1.54) is 28.1 Å². The fraction of sp³-hybridized carbons (Fsp3) is 0.350. The number of hydrogen-bond donors (Lipinski definition) is 1. The average molecular weight is 405 g/mol. The normalized spacial score (nSPS) is 15.4. The number of amides is 2. The second-order valence-corrected chi connectivity index (χ2v) is 8.70. The van der Waals surface area contributed by atoms with Crippen LogP contribution in [0.15, 0.2) is 53.4 Å². The summed E-state index contributed by atoms with van der Waals surface area (Å²) in [6.45, 7) is 3.35. The van der Waals surface area contributed by atoms with E-state index in [0.717, 1.165) is 18.1 Å². The van der Waals surface area contributed by atoms with Gasteiger partial charge in [0.1, 0.15) is 10.7 Å². The van der Waals surface area contributed by atoms with Crippen LogP contribution in [0.2, 0.25) is 0 Å². The van der Waals surface area contributed by atoms with Crippen LogP contribution in [-0.4, -0.2) is 56.4 Å². The van der Waals surface area contributed by atoms with Gasteiger partial charge in [0.05, 0.1) is 0 Å². The molecule has 28 heavy (non-hydrogen) atoms. The Labute approximate surface area is 165 Å². The Morgan fingerprint density at radius 3 is 2.46 bits per heavy atom. The van der Waals surface area contributed by atoms with E-state index in [2.05, 4.69) is 11.4 Å². The second kappa shape index (κ2) is 8.70. The number of carbonyl (C=O) groups excluding carboxylic acids is 1. The molecule has 1 aliphatic rings. The third kappa shape index (κ3) is 4.69. The Balaban J connectivity index is 1.50. The van der Waals surface area contributed by atoms with Crippen molar-refractivity contribution in [3.63, 3.8) is 0 Å². The number of carbonyl (C=O) groups is 1. The minimum Gasteiger partial charge on any atom is -0.338 e. The molecule has 3 rings (SSSR count). The van der Waals surface area contributed by atoms with Gasteiger partial charge in [-0.2, -0.15) is 4.31 Å². The van der Waals surface area contributed by atoms with Crippen LogP contribution in [0.4, 0.5) is 9.18 Å². The Hall–Kier alpha value is -2.45. The van der Waals surface area contributed by atoms with Crippen LogP contribution < -0.4 is 5.32 Å². The number of hydrogen-bond acceptors (Lipinski definition) is 3. The molecule has 8 heteroatoms. The number of benzene rings is 2. The lowest BCUT2D eigenvalue weighted by Crippen LogP contribution is -2.53. The molecule has 6 nitrogen and oxygen atoms in total. The molecule has 0 radical (unpaired) electrons. The second-order valence-electron chi connectivity index (χ2n) is 6.79. The first-order chi connectivity index (χ1) is 13.4. The third-order valence-corrected chi connectivity index (χ3v) is 6.68. The number of urea groups is 1. The molecular formula is C20H24FN3O3S. The van der Waals surface area contributed by atoms with E-state index < -0.39 is 15.8 Å². The van der Waals surface area contributed by atoms with Crippen LogP contribution in [0.5, 0.6) is 0 Å². The molecule has 0 saturated carbocycles. The molecule has 0 atom stereocenters. The molecule has 1 fully saturated rings. The van der Waals surface area contributed by atoms with Crippen LogP contribution in [-0.2, 0) is 16.4 Å². The number of sulfonamides is 1. The molecule has 0 aliphatic carbocycles. The average Bonchev–Trinajstić information content (AvgIpc) is 2.68. The van der Waals surface area contributed by atoms with Crippen molar-refractivity contribution < 1.29 is 17.6 Å². The van der Waals surface area contributed by atoms with E-state index in [4.69, 9.17) is 0 Å². The first-order valence-electron chi connectivity index (χ1n) is 9.21. The van der Waals surface area contributed by atoms with Gasteiger partial charge in [-0.1, -0.05) is 42.0 Å². The molecule has 0 spiro atoms. The Morgan fingerprint density at radius 2 is 1.79 bits per heavy atom. The summed E-state index contributed by atoms with van der Waals surface area (Å²) in [7, 11) is -3.90. The minimum atomic E-state index is -3.90. The van der Waals surface area contributed by atoms with Gasteiger partial charge in [0.25, 0.3) is 0 Å². The Morgan fingerprint density at radius 1 is 1.07 bits per heavy atom. The summed E-state index contributed by atoms with van der Waals surface area (Å²) in [6.07, 6.45) is 0.731. The van der Waals surface area contributed by atoms with E-state index >= 15 is 0 Å². The molecule has 150 valence electrons. The zero-order valence-corrected chi connectivity index (χ0v) is 16.6. The topological polar surface area (TPSA) is 69.7 Å². The smallest absolute Gasteiger partial charge is 0.317 e. The summed E-state index contributed by atoms with van der Waals surface area (Å²) in [6, 6.07) is 13.2. The van der Waals surface area contributed by atoms with Crippen molar-refractivity contribution in [3.8, 4) is 0 Å². The van der Waals surface area contributed by atoms with Crippen molar-refractivity contribution in [2.75, 3.05) is 32.7 Å². The molecular weight excluding hydrogens is 381 g/mol. The van der Waals surface area contributed by atoms with E-state index in [0.29, 0.717) is 6.54 Å². The van der Waals surface area contributed by atoms with E-state index in [1.54, 1.807) is 4.90 Å². The number of nitrogens with one attached hydrogen (secondary N) is 1. The molecule has 1 aliphatic heterocycles. The zero-order valence-electron chi connectivity index (χ0n) is 15.8. The molecule has 1 saturated heterocycles. The van der Waals surface area contributed by atoms with Gasteiger partial charge in [-0.25, -0.2) is 17.6 Å². The summed E-state index contributed by atoms with van der Waals surface area (Å²) >= 11 is 0. The van der Waals surface area contributed by atoms with Crippen molar-refractivity contribution in [1.29, 1.82) is 0 Å². The SMILES string of the molecule is Cc1cccc(CCNC(=O)N2CCN(S(=O)(=O)c3ccccc3F)CC2)c1. The monoisotopic (exact) mass is 405 g/mol. The van der Waals surface area contributed by atoms with Crippen molar-refractivity contribution in [1.82, 2.24) is 14.5 Å². The highest BCUT2D eigenvalue weighted by molar-refractivity contribution is 7.89. The van der Waals surface area contributed by atoms with Gasteiger partial charge < -0.3 is 10.2 Å². The van der Waals surface area contributed by atoms with Crippen LogP contribution in [0.1, 0.15) is 11.1 Å². The van der Waals surface area contributed by atoms with E-state index in [1.807, 2.05) is 25.1 Å². The fourth-order valence-corrected chi connectivity index (χ4v) is 4.70. The predicted molar refractivity (Wildman–Crippen MR) is 105 cm³/mol. The van der Waals surface area contributed by atoms with E-state index in [9.17, 15) is 17.6 Å². The lowest BCUT2D eigenvalue weighted by molar-refractivity contribution is 0.172. The van der Waals surface area contributed by atoms with Gasteiger partial charge in [0, 0.05) is 32.7 Å². The Kier molecular flexibility index (Phi) is 6.31. The lowest BCUT2D eigenvalue weighted by Gasteiger charge is -2.34. The molecule has 0 unspecified atom stereocenters. The summed E-state index contributed by atoms with van der Waals surface area (Å²) < 4.78 is 40.3. The highest BCUT2D eigenvalue weighted by Crippen LogP contribution is 2.20. The van der Waals surface area contributed by atoms with Crippen LogP contribution in [0.25, 0.3) is 0 Å². The quantitative estimate of drug-likeness (QED) is 0.831. The first-order valence-corrected chi connectivity index (χ1v) is 10.6. The molecule has 2 aromatic carbocycles. The van der Waals surface area contributed by atoms with Gasteiger partial charge >= 0.3 is 6.03 Å². The van der Waals surface area contributed by atoms with Crippen LogP contribution in [0.3, 0.4) is 0 Å². The highest BCUT2D eigenvalue weighted by Gasteiger charge is 2.31. The molecule has 0 aromatic heterocycles. The molecule has 2 amide bonds. The fourth-order valence-electron chi connectivity index (χ4n) is 3.22. The van der Waals surface area contributed by atoms with Crippen molar-refractivity contribution in [2.24, 2.45) is 0 Å². The summed E-state index contributed by atoms with van der Waals surface area (Å²) in [5, 5.41) is 2.87. The number of aryl methyl sites for hydroxylation is 1. The van der Waals surface area contributed by atoms with Gasteiger partial charge in [-0.15, -0.1) is 0 Å². The predicted octanol–water partition coefficient (Wildman–Crippen LogP) is 2.39. The van der Waals surface area contributed by atoms with Gasteiger partial charge in [0.2, 0.25) is 10.0 Å². The van der Waals surface area contributed by atoms with Crippen molar-refractivity contribution in [2.45, 2.75) is 18.2 Å². The molecule has 1 heterocycles. The molecule has 2 aromatic rings. The van der Waals surface area contributed by atoms with Gasteiger partial charge in [-0.05, 0) is 31.0 Å². The minimum absolute atomic E-state index is 0.141. The maximum absolute atomic E-state index is 13.9. The zero-order chi connectivity index (χ0) is 20.1. The lowest BCUT2D eigenvalue weighted by atomic mass is 10.1. The summed E-state index contributed by atoms with van der Waals surface area (Å²) in [5.74, 6) is -0.765. The maximum Gasteiger partial charge on any atom is 0.317 e. The number of rotatable bonds is 5. The van der Waals surface area contributed by atoms with Crippen LogP contribution in [0, 0.1) is 12.7 Å². The molecule has 1 N–H and O–H groups in total. The number of halogens is 1. The molecule has 0 bridgehead atoms. The van der Waals surface area contributed by atoms with Crippen molar-refractivity contribution >= 4 is 16.1 Å². The summed E-state index contributed by atoms with van der Waals surface area (Å²) in [5.41, 5.74) is 2.33. The third-order valence-electron chi connectivity index (χ3n) is 4.75. The maximum atomic E-state index is 13.9. The number of nitrogens with zero attached hydrogens (tertiary/aromatic N) is 2. The van der Waals surface area contributed by atoms with Gasteiger partial charge in [0.15, 0.2) is 0 Å². The largest absolute Gasteiger partial charge is 0.338 e. The summed E-state index contributed by atoms with van der Waals surface area (Å²) in [4.78, 5) is 13.6. The number of piperazine rings is 1.